The molecule has 0 aromatic carbocycles. The number of anilines is 1. The van der Waals surface area contributed by atoms with Crippen molar-refractivity contribution < 1.29 is 14.3 Å². The van der Waals surface area contributed by atoms with E-state index in [1.165, 1.54) is 20.0 Å². The van der Waals surface area contributed by atoms with Crippen molar-refractivity contribution in [2.75, 3.05) is 32.2 Å². The molecule has 20 heavy (non-hydrogen) atoms. The smallest absolute Gasteiger partial charge is 0.305 e. The Morgan fingerprint density at radius 2 is 2.40 bits per heavy atom. The lowest BCUT2D eigenvalue weighted by Crippen LogP contribution is -2.07. The first-order valence-electron chi connectivity index (χ1n) is 7.10. The Morgan fingerprint density at radius 1 is 1.55 bits per heavy atom. The molecular formula is C14H22N2O3S. The van der Waals surface area contributed by atoms with E-state index in [9.17, 15) is 4.79 Å². The van der Waals surface area contributed by atoms with Gasteiger partial charge in [-0.15, -0.1) is 11.3 Å². The van der Waals surface area contributed by atoms with Gasteiger partial charge in [-0.2, -0.15) is 0 Å². The van der Waals surface area contributed by atoms with Gasteiger partial charge in [0.15, 0.2) is 5.13 Å². The summed E-state index contributed by atoms with van der Waals surface area (Å²) in [5, 5.41) is 6.17. The Bertz CT molecular complexity index is 418. The number of nitrogens with zero attached hydrogens (tertiary/aromatic N) is 1. The Kier molecular flexibility index (Phi) is 6.26. The van der Waals surface area contributed by atoms with Crippen LogP contribution in [-0.4, -0.2) is 37.8 Å². The molecule has 0 amide bonds. The molecule has 1 N–H and O–H groups in total. The highest BCUT2D eigenvalue weighted by Gasteiger charge is 2.20. The first-order chi connectivity index (χ1) is 9.78. The van der Waals surface area contributed by atoms with Crippen LogP contribution in [0.25, 0.3) is 0 Å². The second-order valence-corrected chi connectivity index (χ2v) is 5.88. The third-order valence-corrected chi connectivity index (χ3v) is 4.01. The highest BCUT2D eigenvalue weighted by atomic mass is 32.1. The first kappa shape index (κ1) is 15.3. The summed E-state index contributed by atoms with van der Waals surface area (Å²) in [5.74, 6) is 0.639. The van der Waals surface area contributed by atoms with E-state index in [4.69, 9.17) is 4.74 Å². The van der Waals surface area contributed by atoms with E-state index in [-0.39, 0.29) is 5.97 Å². The van der Waals surface area contributed by atoms with E-state index in [1.54, 1.807) is 11.3 Å². The predicted octanol–water partition coefficient (Wildman–Crippen LogP) is 2.48. The fourth-order valence-corrected chi connectivity index (χ4v) is 2.51. The second kappa shape index (κ2) is 8.21. The molecule has 0 unspecified atom stereocenters. The van der Waals surface area contributed by atoms with E-state index < -0.39 is 0 Å². The van der Waals surface area contributed by atoms with Gasteiger partial charge in [-0.3, -0.25) is 4.79 Å². The Hall–Kier alpha value is -1.14. The quantitative estimate of drug-likeness (QED) is 0.531. The SMILES string of the molecule is COC(=O)CCc1csc(NCCCOCC2CC2)n1. The number of aryl methyl sites for hydroxylation is 1. The number of esters is 1. The average Bonchev–Trinajstić information content (AvgIpc) is 3.18. The maximum atomic E-state index is 11.0. The molecule has 1 aliphatic carbocycles. The standard InChI is InChI=1S/C14H22N2O3S/c1-18-13(17)6-5-12-10-20-14(16-12)15-7-2-8-19-9-11-3-4-11/h10-11H,2-9H2,1H3,(H,15,16). The van der Waals surface area contributed by atoms with Crippen LogP contribution in [0, 0.1) is 5.92 Å². The molecule has 2 rings (SSSR count). The van der Waals surface area contributed by atoms with Gasteiger partial charge in [0, 0.05) is 31.6 Å². The van der Waals surface area contributed by atoms with Crippen molar-refractivity contribution in [2.24, 2.45) is 5.92 Å². The molecule has 1 saturated carbocycles. The minimum atomic E-state index is -0.194. The number of hydrogen-bond acceptors (Lipinski definition) is 6. The summed E-state index contributed by atoms with van der Waals surface area (Å²) in [6.45, 7) is 2.60. The number of carbonyl (C=O) groups is 1. The van der Waals surface area contributed by atoms with E-state index >= 15 is 0 Å². The zero-order valence-corrected chi connectivity index (χ0v) is 12.7. The van der Waals surface area contributed by atoms with Gasteiger partial charge in [-0.25, -0.2) is 4.98 Å². The molecule has 5 nitrogen and oxygen atoms in total. The summed E-state index contributed by atoms with van der Waals surface area (Å²) in [5.41, 5.74) is 0.938. The summed E-state index contributed by atoms with van der Waals surface area (Å²) in [6, 6.07) is 0. The van der Waals surface area contributed by atoms with E-state index in [2.05, 4.69) is 15.0 Å². The number of aromatic nitrogens is 1. The van der Waals surface area contributed by atoms with Gasteiger partial charge in [0.1, 0.15) is 0 Å². The first-order valence-corrected chi connectivity index (χ1v) is 7.98. The van der Waals surface area contributed by atoms with Crippen LogP contribution in [0.2, 0.25) is 0 Å². The topological polar surface area (TPSA) is 60.5 Å². The molecule has 0 spiro atoms. The molecule has 1 heterocycles. The van der Waals surface area contributed by atoms with Gasteiger partial charge < -0.3 is 14.8 Å². The van der Waals surface area contributed by atoms with E-state index in [1.807, 2.05) is 5.38 Å². The molecule has 0 atom stereocenters. The number of carbonyl (C=O) groups excluding carboxylic acids is 1. The fourth-order valence-electron chi connectivity index (χ4n) is 1.74. The van der Waals surface area contributed by atoms with Gasteiger partial charge in [0.2, 0.25) is 0 Å². The third kappa shape index (κ3) is 5.88. The molecule has 1 aromatic heterocycles. The van der Waals surface area contributed by atoms with Crippen molar-refractivity contribution in [3.63, 3.8) is 0 Å². The van der Waals surface area contributed by atoms with Crippen molar-refractivity contribution >= 4 is 22.4 Å². The molecule has 0 aliphatic heterocycles. The number of nitrogens with one attached hydrogen (secondary N) is 1. The van der Waals surface area contributed by atoms with Crippen molar-refractivity contribution in [1.29, 1.82) is 0 Å². The van der Waals surface area contributed by atoms with Crippen LogP contribution in [0.4, 0.5) is 5.13 Å². The third-order valence-electron chi connectivity index (χ3n) is 3.16. The van der Waals surface area contributed by atoms with Gasteiger partial charge in [-0.05, 0) is 25.2 Å². The van der Waals surface area contributed by atoms with E-state index in [0.29, 0.717) is 12.8 Å². The molecule has 6 heteroatoms. The lowest BCUT2D eigenvalue weighted by molar-refractivity contribution is -0.140. The zero-order chi connectivity index (χ0) is 14.2. The minimum absolute atomic E-state index is 0.194. The minimum Gasteiger partial charge on any atom is -0.469 e. The van der Waals surface area contributed by atoms with Crippen LogP contribution in [0.15, 0.2) is 5.38 Å². The number of thiazole rings is 1. The maximum absolute atomic E-state index is 11.0. The molecule has 1 fully saturated rings. The second-order valence-electron chi connectivity index (χ2n) is 5.02. The summed E-state index contributed by atoms with van der Waals surface area (Å²) in [4.78, 5) is 15.5. The Morgan fingerprint density at radius 3 is 3.15 bits per heavy atom. The fraction of sp³-hybridized carbons (Fsp3) is 0.714. The van der Waals surface area contributed by atoms with Crippen LogP contribution < -0.4 is 5.32 Å². The van der Waals surface area contributed by atoms with Gasteiger partial charge in [-0.1, -0.05) is 0 Å². The molecule has 0 saturated heterocycles. The normalized spacial score (nSPS) is 14.2. The highest BCUT2D eigenvalue weighted by molar-refractivity contribution is 7.13. The molecule has 0 radical (unpaired) electrons. The summed E-state index contributed by atoms with van der Waals surface area (Å²) in [6.07, 6.45) is 4.69. The summed E-state index contributed by atoms with van der Waals surface area (Å²) < 4.78 is 10.2. The van der Waals surface area contributed by atoms with Crippen molar-refractivity contribution in [1.82, 2.24) is 4.98 Å². The van der Waals surface area contributed by atoms with Crippen LogP contribution in [-0.2, 0) is 20.7 Å². The molecule has 1 aromatic rings. The molecular weight excluding hydrogens is 276 g/mol. The lowest BCUT2D eigenvalue weighted by atomic mass is 10.2. The average molecular weight is 298 g/mol. The van der Waals surface area contributed by atoms with Crippen molar-refractivity contribution in [3.8, 4) is 0 Å². The monoisotopic (exact) mass is 298 g/mol. The number of methoxy groups -OCH3 is 1. The van der Waals surface area contributed by atoms with Crippen LogP contribution in [0.3, 0.4) is 0 Å². The Balaban J connectivity index is 1.53. The number of ether oxygens (including phenoxy) is 2. The summed E-state index contributed by atoms with van der Waals surface area (Å²) >= 11 is 1.57. The molecule has 112 valence electrons. The Labute approximate surface area is 123 Å². The molecule has 0 bridgehead atoms. The largest absolute Gasteiger partial charge is 0.469 e. The summed E-state index contributed by atoms with van der Waals surface area (Å²) in [7, 11) is 1.40. The van der Waals surface area contributed by atoms with E-state index in [0.717, 1.165) is 42.9 Å². The maximum Gasteiger partial charge on any atom is 0.305 e. The number of hydrogen-bond donors (Lipinski definition) is 1. The van der Waals surface area contributed by atoms with Crippen LogP contribution >= 0.6 is 11.3 Å². The van der Waals surface area contributed by atoms with Gasteiger partial charge >= 0.3 is 5.97 Å². The lowest BCUT2D eigenvalue weighted by Gasteiger charge is -2.04. The number of rotatable bonds is 10. The predicted molar refractivity (Wildman–Crippen MR) is 79.1 cm³/mol. The van der Waals surface area contributed by atoms with Gasteiger partial charge in [0.25, 0.3) is 0 Å². The zero-order valence-electron chi connectivity index (χ0n) is 11.9. The van der Waals surface area contributed by atoms with Crippen LogP contribution in [0.1, 0.15) is 31.4 Å². The van der Waals surface area contributed by atoms with Crippen molar-refractivity contribution in [2.45, 2.75) is 32.1 Å². The van der Waals surface area contributed by atoms with Crippen molar-refractivity contribution in [3.05, 3.63) is 11.1 Å². The van der Waals surface area contributed by atoms with Gasteiger partial charge in [0.05, 0.1) is 19.2 Å². The molecule has 1 aliphatic rings. The highest BCUT2D eigenvalue weighted by Crippen LogP contribution is 2.28. The van der Waals surface area contributed by atoms with Crippen LogP contribution in [0.5, 0.6) is 0 Å².